The van der Waals surface area contributed by atoms with Gasteiger partial charge in [0.25, 0.3) is 10.1 Å². The Labute approximate surface area is 344 Å². The van der Waals surface area contributed by atoms with Crippen molar-refractivity contribution in [3.63, 3.8) is 0 Å². The molecule has 0 unspecified atom stereocenters. The molecule has 2 aromatic carbocycles. The van der Waals surface area contributed by atoms with Crippen LogP contribution in [0.1, 0.15) is 103 Å². The summed E-state index contributed by atoms with van der Waals surface area (Å²) in [7, 11) is -2.28. The maximum absolute atomic E-state index is 14.0. The van der Waals surface area contributed by atoms with Crippen molar-refractivity contribution < 1.29 is 46.0 Å². The van der Waals surface area contributed by atoms with Crippen molar-refractivity contribution in [2.75, 3.05) is 40.0 Å². The molecule has 4 amide bonds. The van der Waals surface area contributed by atoms with Crippen LogP contribution in [0.3, 0.4) is 0 Å². The molecule has 0 bridgehead atoms. The molecule has 0 radical (unpaired) electrons. The zero-order valence-electron chi connectivity index (χ0n) is 35.5. The molecule has 322 valence electrons. The van der Waals surface area contributed by atoms with Crippen LogP contribution in [0, 0.1) is 12.8 Å². The van der Waals surface area contributed by atoms with E-state index in [0.717, 1.165) is 29.5 Å². The van der Waals surface area contributed by atoms with E-state index in [4.69, 9.17) is 18.4 Å². The van der Waals surface area contributed by atoms with E-state index in [2.05, 4.69) is 10.6 Å². The molecule has 1 fully saturated rings. The van der Waals surface area contributed by atoms with Gasteiger partial charge in [0.05, 0.1) is 23.6 Å². The van der Waals surface area contributed by atoms with Crippen LogP contribution in [0.2, 0.25) is 0 Å². The minimum absolute atomic E-state index is 0.118. The van der Waals surface area contributed by atoms with Crippen molar-refractivity contribution in [2.24, 2.45) is 5.92 Å². The van der Waals surface area contributed by atoms with Gasteiger partial charge in [-0.3, -0.25) is 23.5 Å². The summed E-state index contributed by atoms with van der Waals surface area (Å²) in [4.78, 5) is 56.8. The Balaban J connectivity index is 1.23. The summed E-state index contributed by atoms with van der Waals surface area (Å²) in [6, 6.07) is 11.6. The number of ether oxygens (including phenoxy) is 3. The normalized spacial score (nSPS) is 19.1. The number of nitrogens with zero attached hydrogens (tertiary/aromatic N) is 2. The second kappa shape index (κ2) is 21.3. The number of likely N-dealkylation sites (tertiary alicyclic amines) is 1. The van der Waals surface area contributed by atoms with Gasteiger partial charge in [-0.25, -0.2) is 4.79 Å². The van der Waals surface area contributed by atoms with Crippen molar-refractivity contribution in [1.82, 2.24) is 20.4 Å². The van der Waals surface area contributed by atoms with Gasteiger partial charge in [0.1, 0.15) is 23.7 Å². The predicted octanol–water partition coefficient (Wildman–Crippen LogP) is 5.46. The lowest BCUT2D eigenvalue weighted by Crippen LogP contribution is -2.58. The number of unbranched alkanes of at least 4 members (excludes halogenated alkanes) is 2. The Morgan fingerprint density at radius 1 is 0.914 bits per heavy atom. The van der Waals surface area contributed by atoms with Gasteiger partial charge in [-0.2, -0.15) is 8.42 Å². The average molecular weight is 829 g/mol. The van der Waals surface area contributed by atoms with E-state index in [1.165, 1.54) is 11.9 Å². The van der Waals surface area contributed by atoms with Crippen LogP contribution >= 0.6 is 0 Å². The average Bonchev–Trinajstić information content (AvgIpc) is 3.80. The molecule has 0 saturated carbocycles. The summed E-state index contributed by atoms with van der Waals surface area (Å²) in [5.41, 5.74) is 2.33. The van der Waals surface area contributed by atoms with Crippen LogP contribution in [-0.2, 0) is 49.3 Å². The van der Waals surface area contributed by atoms with Gasteiger partial charge in [0, 0.05) is 39.8 Å². The van der Waals surface area contributed by atoms with Gasteiger partial charge >= 0.3 is 6.09 Å². The van der Waals surface area contributed by atoms with E-state index in [-0.39, 0.29) is 35.3 Å². The second-order valence-electron chi connectivity index (χ2n) is 16.6. The van der Waals surface area contributed by atoms with Crippen molar-refractivity contribution in [2.45, 2.75) is 134 Å². The SMILES string of the molecule is Cc1ccc(S(=O)(=O)OCCCCCOCCCO[C@@H]2Cc3ccccc3[C@@H]2NC(=O)[C@@H]2CCCN2C(=O)[C@@H](NC(=O)[C@H](C)N(C)C(=O)OC(C)(C)C)C(C)C)cc1. The summed E-state index contributed by atoms with van der Waals surface area (Å²) in [6.07, 6.45) is 3.62. The van der Waals surface area contributed by atoms with E-state index < -0.39 is 51.9 Å². The molecule has 2 aliphatic rings. The summed E-state index contributed by atoms with van der Waals surface area (Å²) in [6.45, 7) is 14.3. The van der Waals surface area contributed by atoms with Crippen molar-refractivity contribution in [1.29, 1.82) is 0 Å². The Morgan fingerprint density at radius 2 is 1.59 bits per heavy atom. The fraction of sp³-hybridized carbons (Fsp3) is 0.628. The molecular weight excluding hydrogens is 765 g/mol. The number of benzene rings is 2. The summed E-state index contributed by atoms with van der Waals surface area (Å²) < 4.78 is 47.4. The lowest BCUT2D eigenvalue weighted by molar-refractivity contribution is -0.143. The number of hydrogen-bond donors (Lipinski definition) is 2. The van der Waals surface area contributed by atoms with Gasteiger partial charge in [-0.1, -0.05) is 55.8 Å². The van der Waals surface area contributed by atoms with Gasteiger partial charge in [-0.15, -0.1) is 0 Å². The van der Waals surface area contributed by atoms with Gasteiger partial charge in [0.2, 0.25) is 17.7 Å². The number of aryl methyl sites for hydroxylation is 1. The molecular formula is C43H64N4O10S. The molecule has 1 heterocycles. The molecule has 0 spiro atoms. The van der Waals surface area contributed by atoms with Crippen LogP contribution in [0.25, 0.3) is 0 Å². The molecule has 5 atom stereocenters. The number of carbonyl (C=O) groups excluding carboxylic acids is 4. The lowest BCUT2D eigenvalue weighted by Gasteiger charge is -2.33. The molecule has 2 N–H and O–H groups in total. The zero-order chi connectivity index (χ0) is 42.6. The highest BCUT2D eigenvalue weighted by Crippen LogP contribution is 2.34. The van der Waals surface area contributed by atoms with Crippen molar-refractivity contribution in [3.05, 3.63) is 65.2 Å². The monoisotopic (exact) mass is 828 g/mol. The predicted molar refractivity (Wildman–Crippen MR) is 219 cm³/mol. The molecule has 4 rings (SSSR count). The molecule has 58 heavy (non-hydrogen) atoms. The standard InChI is InChI=1S/C43H64N4O10S/c1-29(2)37(44-39(48)31(4)46(8)42(51)57-43(5,6)7)41(50)47-23-14-18-35(47)40(49)45-38-34-17-11-10-16-32(34)28-36(38)55-26-15-25-54-24-12-9-13-27-56-58(52,53)33-21-19-30(3)20-22-33/h10-11,16-17,19-22,29,31,35-38H,9,12-15,18,23-28H2,1-8H3,(H,44,48)(H,45,49)/t31-,35-,36+,37-,38-/m0/s1. The molecule has 1 aliphatic carbocycles. The quantitative estimate of drug-likeness (QED) is 0.129. The first-order valence-electron chi connectivity index (χ1n) is 20.5. The minimum atomic E-state index is -3.76. The zero-order valence-corrected chi connectivity index (χ0v) is 36.3. The van der Waals surface area contributed by atoms with Gasteiger partial charge in [0.15, 0.2) is 0 Å². The third kappa shape index (κ3) is 13.2. The highest BCUT2D eigenvalue weighted by atomic mass is 32.2. The van der Waals surface area contributed by atoms with Gasteiger partial charge < -0.3 is 29.7 Å². The molecule has 2 aromatic rings. The Kier molecular flexibility index (Phi) is 17.1. The summed E-state index contributed by atoms with van der Waals surface area (Å²) >= 11 is 0. The minimum Gasteiger partial charge on any atom is -0.444 e. The van der Waals surface area contributed by atoms with E-state index >= 15 is 0 Å². The third-order valence-electron chi connectivity index (χ3n) is 10.4. The van der Waals surface area contributed by atoms with E-state index in [0.29, 0.717) is 58.5 Å². The number of nitrogens with one attached hydrogen (secondary N) is 2. The number of rotatable bonds is 20. The number of amides is 4. The van der Waals surface area contributed by atoms with E-state index in [1.807, 2.05) is 45.0 Å². The Hall–Kier alpha value is -4.05. The number of hydrogen-bond acceptors (Lipinski definition) is 10. The van der Waals surface area contributed by atoms with Crippen LogP contribution in [0.5, 0.6) is 0 Å². The van der Waals surface area contributed by atoms with Gasteiger partial charge in [-0.05, 0) is 102 Å². The van der Waals surface area contributed by atoms with Crippen LogP contribution < -0.4 is 10.6 Å². The number of carbonyl (C=O) groups is 4. The highest BCUT2D eigenvalue weighted by molar-refractivity contribution is 7.86. The molecule has 15 heteroatoms. The highest BCUT2D eigenvalue weighted by Gasteiger charge is 2.42. The first-order chi connectivity index (χ1) is 27.4. The van der Waals surface area contributed by atoms with Crippen molar-refractivity contribution in [3.8, 4) is 0 Å². The lowest BCUT2D eigenvalue weighted by atomic mass is 10.0. The van der Waals surface area contributed by atoms with Crippen LogP contribution in [0.4, 0.5) is 4.79 Å². The van der Waals surface area contributed by atoms with E-state index in [1.54, 1.807) is 56.9 Å². The molecule has 14 nitrogen and oxygen atoms in total. The first kappa shape index (κ1) is 46.6. The topological polar surface area (TPSA) is 170 Å². The Bertz CT molecular complexity index is 1800. The largest absolute Gasteiger partial charge is 0.444 e. The van der Waals surface area contributed by atoms with Crippen LogP contribution in [0.15, 0.2) is 53.4 Å². The number of likely N-dealkylation sites (N-methyl/N-ethyl adjacent to an activating group) is 1. The fourth-order valence-corrected chi connectivity index (χ4v) is 7.94. The Morgan fingerprint density at radius 3 is 2.28 bits per heavy atom. The fourth-order valence-electron chi connectivity index (χ4n) is 6.99. The summed E-state index contributed by atoms with van der Waals surface area (Å²) in [5.74, 6) is -1.39. The van der Waals surface area contributed by atoms with E-state index in [9.17, 15) is 27.6 Å². The maximum atomic E-state index is 14.0. The first-order valence-corrected chi connectivity index (χ1v) is 21.9. The molecule has 1 aliphatic heterocycles. The summed E-state index contributed by atoms with van der Waals surface area (Å²) in [5, 5.41) is 6.05. The second-order valence-corrected chi connectivity index (χ2v) is 18.2. The molecule has 0 aromatic heterocycles. The van der Waals surface area contributed by atoms with Crippen LogP contribution in [-0.4, -0.2) is 112 Å². The molecule has 1 saturated heterocycles. The number of fused-ring (bicyclic) bond motifs is 1. The maximum Gasteiger partial charge on any atom is 0.410 e. The smallest absolute Gasteiger partial charge is 0.410 e. The van der Waals surface area contributed by atoms with Crippen molar-refractivity contribution >= 4 is 33.9 Å². The third-order valence-corrected chi connectivity index (χ3v) is 11.8.